The fourth-order valence-electron chi connectivity index (χ4n) is 1.50. The maximum atomic E-state index is 13.4. The van der Waals surface area contributed by atoms with Crippen molar-refractivity contribution in [2.24, 2.45) is 0 Å². The Labute approximate surface area is 122 Å². The van der Waals surface area contributed by atoms with Gasteiger partial charge >= 0.3 is 5.97 Å². The Morgan fingerprint density at radius 1 is 1.24 bits per heavy atom. The van der Waals surface area contributed by atoms with Gasteiger partial charge in [-0.1, -0.05) is 0 Å². The molecule has 0 saturated heterocycles. The predicted molar refractivity (Wildman–Crippen MR) is 71.7 cm³/mol. The molecule has 0 saturated carbocycles. The summed E-state index contributed by atoms with van der Waals surface area (Å²) in [5, 5.41) is 8.74. The summed E-state index contributed by atoms with van der Waals surface area (Å²) in [4.78, 5) is 10.6. The van der Waals surface area contributed by atoms with Crippen LogP contribution in [0.5, 0.6) is 0 Å². The highest BCUT2D eigenvalue weighted by atomic mass is 32.2. The van der Waals surface area contributed by atoms with Crippen LogP contribution in [0.2, 0.25) is 0 Å². The maximum Gasteiger partial charge on any atom is 0.345 e. The van der Waals surface area contributed by atoms with Gasteiger partial charge in [-0.15, -0.1) is 11.3 Å². The minimum Gasteiger partial charge on any atom is -0.477 e. The molecule has 0 atom stereocenters. The predicted octanol–water partition coefficient (Wildman–Crippen LogP) is 2.20. The highest BCUT2D eigenvalue weighted by Crippen LogP contribution is 2.21. The van der Waals surface area contributed by atoms with E-state index in [9.17, 15) is 22.0 Å². The standard InChI is InChI=1S/C12H9F2NO4S2/c13-8-1-2-9(14)7(5-8)6-15-21(18,19)11-4-3-10(20-11)12(16)17/h1-5,15H,6H2,(H,16,17). The molecular weight excluding hydrogens is 324 g/mol. The molecule has 2 rings (SSSR count). The van der Waals surface area contributed by atoms with Crippen molar-refractivity contribution >= 4 is 27.3 Å². The van der Waals surface area contributed by atoms with Gasteiger partial charge in [-0.2, -0.15) is 0 Å². The molecule has 0 radical (unpaired) electrons. The second kappa shape index (κ2) is 5.88. The Balaban J connectivity index is 2.17. The van der Waals surface area contributed by atoms with Gasteiger partial charge in [0.15, 0.2) is 0 Å². The Hall–Kier alpha value is -1.84. The lowest BCUT2D eigenvalue weighted by Gasteiger charge is -2.06. The number of carboxylic acids is 1. The Kier molecular flexibility index (Phi) is 4.35. The van der Waals surface area contributed by atoms with Gasteiger partial charge in [-0.25, -0.2) is 26.7 Å². The van der Waals surface area contributed by atoms with Crippen molar-refractivity contribution in [1.82, 2.24) is 4.72 Å². The lowest BCUT2D eigenvalue weighted by atomic mass is 10.2. The molecule has 0 unspecified atom stereocenters. The largest absolute Gasteiger partial charge is 0.477 e. The quantitative estimate of drug-likeness (QED) is 0.879. The number of hydrogen-bond acceptors (Lipinski definition) is 4. The van der Waals surface area contributed by atoms with Crippen LogP contribution in [0.3, 0.4) is 0 Å². The summed E-state index contributed by atoms with van der Waals surface area (Å²) in [6, 6.07) is 5.00. The zero-order valence-electron chi connectivity index (χ0n) is 10.3. The van der Waals surface area contributed by atoms with Crippen molar-refractivity contribution in [2.75, 3.05) is 0 Å². The van der Waals surface area contributed by atoms with E-state index >= 15 is 0 Å². The first kappa shape index (κ1) is 15.5. The molecular formula is C12H9F2NO4S2. The molecule has 112 valence electrons. The van der Waals surface area contributed by atoms with Gasteiger partial charge in [0.25, 0.3) is 0 Å². The smallest absolute Gasteiger partial charge is 0.345 e. The third-order valence-electron chi connectivity index (χ3n) is 2.52. The van der Waals surface area contributed by atoms with Gasteiger partial charge in [-0.3, -0.25) is 0 Å². The summed E-state index contributed by atoms with van der Waals surface area (Å²) in [5.74, 6) is -2.66. The first-order chi connectivity index (χ1) is 9.79. The van der Waals surface area contributed by atoms with Crippen LogP contribution in [0, 0.1) is 11.6 Å². The fourth-order valence-corrected chi connectivity index (χ4v) is 3.70. The number of sulfonamides is 1. The molecule has 1 aromatic carbocycles. The summed E-state index contributed by atoms with van der Waals surface area (Å²) >= 11 is 0.573. The summed E-state index contributed by atoms with van der Waals surface area (Å²) < 4.78 is 52.1. The van der Waals surface area contributed by atoms with E-state index in [1.807, 2.05) is 0 Å². The first-order valence-corrected chi connectivity index (χ1v) is 7.86. The van der Waals surface area contributed by atoms with Crippen LogP contribution in [0.1, 0.15) is 15.2 Å². The summed E-state index contributed by atoms with van der Waals surface area (Å²) in [6.45, 7) is -0.438. The van der Waals surface area contributed by atoms with Gasteiger partial charge in [0.05, 0.1) is 0 Å². The van der Waals surface area contributed by atoms with Crippen molar-refractivity contribution in [2.45, 2.75) is 10.8 Å². The normalized spacial score (nSPS) is 11.5. The molecule has 0 fully saturated rings. The van der Waals surface area contributed by atoms with Crippen molar-refractivity contribution < 1.29 is 27.1 Å². The van der Waals surface area contributed by atoms with Gasteiger partial charge < -0.3 is 5.11 Å². The van der Waals surface area contributed by atoms with E-state index in [4.69, 9.17) is 5.11 Å². The molecule has 0 bridgehead atoms. The van der Waals surface area contributed by atoms with Gasteiger partial charge in [0, 0.05) is 12.1 Å². The summed E-state index contributed by atoms with van der Waals surface area (Å²) in [6.07, 6.45) is 0. The zero-order valence-corrected chi connectivity index (χ0v) is 12.0. The number of hydrogen-bond donors (Lipinski definition) is 2. The second-order valence-corrected chi connectivity index (χ2v) is 7.06. The van der Waals surface area contributed by atoms with E-state index in [-0.39, 0.29) is 14.6 Å². The molecule has 9 heteroatoms. The first-order valence-electron chi connectivity index (χ1n) is 5.56. The Morgan fingerprint density at radius 3 is 2.57 bits per heavy atom. The van der Waals surface area contributed by atoms with Crippen molar-refractivity contribution in [3.05, 3.63) is 52.4 Å². The van der Waals surface area contributed by atoms with Crippen LogP contribution in [-0.4, -0.2) is 19.5 Å². The molecule has 2 N–H and O–H groups in total. The second-order valence-electron chi connectivity index (χ2n) is 3.98. The molecule has 5 nitrogen and oxygen atoms in total. The van der Waals surface area contributed by atoms with Gasteiger partial charge in [0.1, 0.15) is 20.7 Å². The molecule has 1 aromatic heterocycles. The maximum absolute atomic E-state index is 13.4. The van der Waals surface area contributed by atoms with Crippen LogP contribution in [0.4, 0.5) is 8.78 Å². The van der Waals surface area contributed by atoms with E-state index in [0.29, 0.717) is 11.3 Å². The fraction of sp³-hybridized carbons (Fsp3) is 0.0833. The average Bonchev–Trinajstić information content (AvgIpc) is 2.90. The SMILES string of the molecule is O=C(O)c1ccc(S(=O)(=O)NCc2cc(F)ccc2F)s1. The topological polar surface area (TPSA) is 83.5 Å². The van der Waals surface area contributed by atoms with Crippen LogP contribution in [0.15, 0.2) is 34.5 Å². The number of benzene rings is 1. The Bertz CT molecular complexity index is 786. The third-order valence-corrected chi connectivity index (χ3v) is 5.48. The highest BCUT2D eigenvalue weighted by molar-refractivity contribution is 7.91. The van der Waals surface area contributed by atoms with Crippen molar-refractivity contribution in [3.63, 3.8) is 0 Å². The highest BCUT2D eigenvalue weighted by Gasteiger charge is 2.19. The monoisotopic (exact) mass is 333 g/mol. The molecule has 1 heterocycles. The lowest BCUT2D eigenvalue weighted by Crippen LogP contribution is -2.23. The molecule has 0 aliphatic rings. The minimum atomic E-state index is -3.98. The number of rotatable bonds is 5. The van der Waals surface area contributed by atoms with E-state index < -0.39 is 34.2 Å². The average molecular weight is 333 g/mol. The van der Waals surface area contributed by atoms with Crippen molar-refractivity contribution in [1.29, 1.82) is 0 Å². The summed E-state index contributed by atoms with van der Waals surface area (Å²) in [7, 11) is -3.98. The Morgan fingerprint density at radius 2 is 1.95 bits per heavy atom. The van der Waals surface area contributed by atoms with Gasteiger partial charge in [-0.05, 0) is 30.3 Å². The van der Waals surface area contributed by atoms with Crippen LogP contribution in [0.25, 0.3) is 0 Å². The van der Waals surface area contributed by atoms with E-state index in [2.05, 4.69) is 4.72 Å². The number of thiophene rings is 1. The number of halogens is 2. The molecule has 0 aliphatic heterocycles. The molecule has 2 aromatic rings. The zero-order chi connectivity index (χ0) is 15.6. The summed E-state index contributed by atoms with van der Waals surface area (Å²) in [5.41, 5.74) is -0.145. The van der Waals surface area contributed by atoms with E-state index in [0.717, 1.165) is 30.3 Å². The van der Waals surface area contributed by atoms with E-state index in [1.54, 1.807) is 0 Å². The number of aromatic carboxylic acids is 1. The van der Waals surface area contributed by atoms with E-state index in [1.165, 1.54) is 0 Å². The van der Waals surface area contributed by atoms with Crippen LogP contribution in [-0.2, 0) is 16.6 Å². The lowest BCUT2D eigenvalue weighted by molar-refractivity contribution is 0.0702. The van der Waals surface area contributed by atoms with Gasteiger partial charge in [0.2, 0.25) is 10.0 Å². The number of carboxylic acid groups (broad SMARTS) is 1. The molecule has 0 amide bonds. The third kappa shape index (κ3) is 3.63. The number of carbonyl (C=O) groups is 1. The van der Waals surface area contributed by atoms with Crippen LogP contribution < -0.4 is 4.72 Å². The minimum absolute atomic E-state index is 0.132. The molecule has 21 heavy (non-hydrogen) atoms. The van der Waals surface area contributed by atoms with Crippen LogP contribution >= 0.6 is 11.3 Å². The molecule has 0 aliphatic carbocycles. The van der Waals surface area contributed by atoms with Crippen molar-refractivity contribution in [3.8, 4) is 0 Å². The molecule has 0 spiro atoms. The number of nitrogens with one attached hydrogen (secondary N) is 1.